The normalized spacial score (nSPS) is 12.0. The van der Waals surface area contributed by atoms with Gasteiger partial charge < -0.3 is 9.88 Å². The fourth-order valence-electron chi connectivity index (χ4n) is 2.61. The molecular weight excluding hydrogens is 270 g/mol. The van der Waals surface area contributed by atoms with E-state index in [-0.39, 0.29) is 11.1 Å². The lowest BCUT2D eigenvalue weighted by Crippen LogP contribution is -2.32. The molecule has 0 radical (unpaired) electrons. The Morgan fingerprint density at radius 2 is 1.59 bits per heavy atom. The van der Waals surface area contributed by atoms with E-state index in [0.717, 1.165) is 16.9 Å². The van der Waals surface area contributed by atoms with Crippen molar-refractivity contribution in [1.82, 2.24) is 4.57 Å². The zero-order valence-electron chi connectivity index (χ0n) is 14.4. The molecule has 1 N–H and O–H groups in total. The van der Waals surface area contributed by atoms with Crippen LogP contribution in [0.2, 0.25) is 0 Å². The molecule has 1 aromatic heterocycles. The van der Waals surface area contributed by atoms with Gasteiger partial charge in [-0.2, -0.15) is 5.26 Å². The van der Waals surface area contributed by atoms with Crippen molar-refractivity contribution in [1.29, 1.82) is 5.26 Å². The number of nitriles is 1. The first-order valence-corrected chi connectivity index (χ1v) is 7.63. The summed E-state index contributed by atoms with van der Waals surface area (Å²) in [4.78, 5) is 0. The molecule has 0 aliphatic carbocycles. The van der Waals surface area contributed by atoms with Crippen LogP contribution < -0.4 is 5.32 Å². The van der Waals surface area contributed by atoms with Crippen LogP contribution in [0.25, 0.3) is 11.1 Å². The first-order valence-electron chi connectivity index (χ1n) is 7.63. The van der Waals surface area contributed by atoms with Gasteiger partial charge in [-0.15, -0.1) is 0 Å². The number of rotatable bonds is 2. The summed E-state index contributed by atoms with van der Waals surface area (Å²) in [7, 11) is 0. The zero-order chi connectivity index (χ0) is 16.5. The molecule has 2 rings (SSSR count). The van der Waals surface area contributed by atoms with Gasteiger partial charge in [0.25, 0.3) is 0 Å². The third-order valence-electron chi connectivity index (χ3n) is 3.36. The predicted octanol–water partition coefficient (Wildman–Crippen LogP) is 4.99. The molecule has 1 aromatic carbocycles. The largest absolute Gasteiger partial charge is 0.366 e. The minimum Gasteiger partial charge on any atom is -0.366 e. The summed E-state index contributed by atoms with van der Waals surface area (Å²) in [5.41, 5.74) is 2.61. The van der Waals surface area contributed by atoms with Gasteiger partial charge in [0.1, 0.15) is 17.6 Å². The van der Waals surface area contributed by atoms with E-state index in [0.29, 0.717) is 5.69 Å². The lowest BCUT2D eigenvalue weighted by atomic mass is 10.0. The van der Waals surface area contributed by atoms with Gasteiger partial charge in [0.2, 0.25) is 0 Å². The number of aromatic nitrogens is 1. The molecule has 0 amide bonds. The van der Waals surface area contributed by atoms with Gasteiger partial charge in [-0.1, -0.05) is 30.3 Å². The molecule has 0 aliphatic heterocycles. The van der Waals surface area contributed by atoms with E-state index >= 15 is 0 Å². The Morgan fingerprint density at radius 3 is 2.05 bits per heavy atom. The van der Waals surface area contributed by atoms with E-state index in [1.165, 1.54) is 0 Å². The minimum absolute atomic E-state index is 0.0857. The van der Waals surface area contributed by atoms with Crippen LogP contribution in [0.3, 0.4) is 0 Å². The summed E-state index contributed by atoms with van der Waals surface area (Å²) < 4.78 is 2.10. The third-order valence-corrected chi connectivity index (χ3v) is 3.36. The summed E-state index contributed by atoms with van der Waals surface area (Å²) in [6.45, 7) is 12.8. The van der Waals surface area contributed by atoms with Crippen molar-refractivity contribution in [2.45, 2.75) is 52.6 Å². The SMILES string of the molecule is CC(C)(C)Nc1c(-c2ccccc2)cc(C#N)n1C(C)(C)C. The molecule has 0 saturated carbocycles. The Labute approximate surface area is 133 Å². The standard InChI is InChI=1S/C19H25N3/c1-18(2,3)21-17-16(14-10-8-7-9-11-14)12-15(13-20)22(17)19(4,5)6/h7-12,21H,1-6H3. The number of hydrogen-bond acceptors (Lipinski definition) is 2. The molecule has 0 saturated heterocycles. The molecule has 0 fully saturated rings. The zero-order valence-corrected chi connectivity index (χ0v) is 14.4. The summed E-state index contributed by atoms with van der Waals surface area (Å²) >= 11 is 0. The van der Waals surface area contributed by atoms with E-state index in [1.807, 2.05) is 24.3 Å². The first-order chi connectivity index (χ1) is 10.1. The van der Waals surface area contributed by atoms with Crippen LogP contribution in [0.1, 0.15) is 47.2 Å². The lowest BCUT2D eigenvalue weighted by molar-refractivity contribution is 0.396. The van der Waals surface area contributed by atoms with Gasteiger partial charge in [-0.25, -0.2) is 0 Å². The number of anilines is 1. The molecule has 2 aromatic rings. The maximum absolute atomic E-state index is 9.57. The Bertz CT molecular complexity index is 689. The van der Waals surface area contributed by atoms with Crippen LogP contribution in [0.5, 0.6) is 0 Å². The molecule has 0 bridgehead atoms. The highest BCUT2D eigenvalue weighted by Gasteiger charge is 2.26. The van der Waals surface area contributed by atoms with Crippen LogP contribution >= 0.6 is 0 Å². The minimum atomic E-state index is -0.175. The molecular formula is C19H25N3. The van der Waals surface area contributed by atoms with E-state index in [2.05, 4.69) is 69.6 Å². The van der Waals surface area contributed by atoms with Gasteiger partial charge in [-0.3, -0.25) is 0 Å². The van der Waals surface area contributed by atoms with Crippen molar-refractivity contribution in [2.24, 2.45) is 0 Å². The van der Waals surface area contributed by atoms with Crippen molar-refractivity contribution in [2.75, 3.05) is 5.32 Å². The topological polar surface area (TPSA) is 40.8 Å². The number of hydrogen-bond donors (Lipinski definition) is 1. The van der Waals surface area contributed by atoms with E-state index in [4.69, 9.17) is 0 Å². The second-order valence-electron chi connectivity index (χ2n) is 7.65. The summed E-state index contributed by atoms with van der Waals surface area (Å²) in [6, 6.07) is 14.5. The fraction of sp³-hybridized carbons (Fsp3) is 0.421. The molecule has 0 unspecified atom stereocenters. The van der Waals surface area contributed by atoms with E-state index in [9.17, 15) is 5.26 Å². The molecule has 116 valence electrons. The average Bonchev–Trinajstić information content (AvgIpc) is 2.76. The van der Waals surface area contributed by atoms with Crippen LogP contribution in [0, 0.1) is 11.3 Å². The Balaban J connectivity index is 2.74. The highest BCUT2D eigenvalue weighted by molar-refractivity contribution is 5.79. The molecule has 1 heterocycles. The Kier molecular flexibility index (Phi) is 4.06. The molecule has 22 heavy (non-hydrogen) atoms. The van der Waals surface area contributed by atoms with Crippen molar-refractivity contribution in [3.63, 3.8) is 0 Å². The van der Waals surface area contributed by atoms with E-state index < -0.39 is 0 Å². The van der Waals surface area contributed by atoms with Gasteiger partial charge in [0.15, 0.2) is 0 Å². The van der Waals surface area contributed by atoms with Crippen LogP contribution in [-0.4, -0.2) is 10.1 Å². The quantitative estimate of drug-likeness (QED) is 0.847. The van der Waals surface area contributed by atoms with Gasteiger partial charge in [-0.05, 0) is 53.2 Å². The number of nitrogens with one attached hydrogen (secondary N) is 1. The van der Waals surface area contributed by atoms with Crippen molar-refractivity contribution in [3.8, 4) is 17.2 Å². The number of benzene rings is 1. The van der Waals surface area contributed by atoms with E-state index in [1.54, 1.807) is 0 Å². The van der Waals surface area contributed by atoms with Crippen LogP contribution in [-0.2, 0) is 5.54 Å². The van der Waals surface area contributed by atoms with Gasteiger partial charge in [0.05, 0.1) is 0 Å². The fourth-order valence-corrected chi connectivity index (χ4v) is 2.61. The predicted molar refractivity (Wildman–Crippen MR) is 93.0 cm³/mol. The summed E-state index contributed by atoms with van der Waals surface area (Å²) in [6.07, 6.45) is 0. The molecule has 0 spiro atoms. The number of nitrogens with zero attached hydrogens (tertiary/aromatic N) is 2. The second-order valence-corrected chi connectivity index (χ2v) is 7.65. The van der Waals surface area contributed by atoms with Crippen molar-refractivity contribution in [3.05, 3.63) is 42.1 Å². The summed E-state index contributed by atoms with van der Waals surface area (Å²) in [5, 5.41) is 13.2. The third kappa shape index (κ3) is 3.33. The lowest BCUT2D eigenvalue weighted by Gasteiger charge is -2.31. The molecule has 3 nitrogen and oxygen atoms in total. The molecule has 0 atom stereocenters. The van der Waals surface area contributed by atoms with Gasteiger partial charge >= 0.3 is 0 Å². The maximum atomic E-state index is 9.57. The van der Waals surface area contributed by atoms with Gasteiger partial charge in [0, 0.05) is 16.6 Å². The average molecular weight is 295 g/mol. The Morgan fingerprint density at radius 1 is 1.00 bits per heavy atom. The summed E-state index contributed by atoms with van der Waals surface area (Å²) in [5.74, 6) is 1.00. The van der Waals surface area contributed by atoms with Crippen molar-refractivity contribution >= 4 is 5.82 Å². The monoisotopic (exact) mass is 295 g/mol. The second kappa shape index (κ2) is 5.53. The highest BCUT2D eigenvalue weighted by Crippen LogP contribution is 2.37. The first kappa shape index (κ1) is 16.2. The maximum Gasteiger partial charge on any atom is 0.122 e. The molecule has 3 heteroatoms. The van der Waals surface area contributed by atoms with Crippen LogP contribution in [0.4, 0.5) is 5.82 Å². The van der Waals surface area contributed by atoms with Crippen LogP contribution in [0.15, 0.2) is 36.4 Å². The highest BCUT2D eigenvalue weighted by atomic mass is 15.2. The smallest absolute Gasteiger partial charge is 0.122 e. The van der Waals surface area contributed by atoms with Crippen molar-refractivity contribution < 1.29 is 0 Å². The molecule has 0 aliphatic rings. The Hall–Kier alpha value is -2.21.